The molecule has 0 aliphatic carbocycles. The van der Waals surface area contributed by atoms with Crippen LogP contribution in [0.5, 0.6) is 0 Å². The van der Waals surface area contributed by atoms with E-state index < -0.39 is 17.3 Å². The number of rotatable bonds is 5. The molecular weight excluding hydrogens is 425 g/mol. The number of amides is 2. The van der Waals surface area contributed by atoms with Crippen molar-refractivity contribution in [2.75, 3.05) is 11.9 Å². The van der Waals surface area contributed by atoms with E-state index >= 15 is 0 Å². The molecule has 2 aromatic heterocycles. The van der Waals surface area contributed by atoms with Crippen molar-refractivity contribution >= 4 is 26.7 Å². The van der Waals surface area contributed by atoms with Gasteiger partial charge in [-0.25, -0.2) is 0 Å². The number of aryl methyl sites for hydroxylation is 1. The molecule has 0 spiro atoms. The molecule has 3 aromatic rings. The number of carbonyl (C=O) groups is 2. The number of pyridine rings is 1. The van der Waals surface area contributed by atoms with E-state index in [2.05, 4.69) is 20.0 Å². The van der Waals surface area contributed by atoms with Crippen LogP contribution >= 0.6 is 9.24 Å². The summed E-state index contributed by atoms with van der Waals surface area (Å²) in [5.74, 6) is -1.43. The Hall–Kier alpha value is -3.19. The van der Waals surface area contributed by atoms with Crippen LogP contribution in [0.2, 0.25) is 0 Å². The zero-order valence-corrected chi connectivity index (χ0v) is 17.7. The standard InChI is InChI=1S/C21H19F2N4O3P/c1-27-17-4-2-13(7-14(17)3-5-18(27)28)15-6-12(8-24-10-15)9-25-20(29)16-11-26-30-19(16)21(22,23)31/h2,4,6-8,10-11H,3,5,9,31H2,1H3,(H,25,29). The number of hydrogen-bond donors (Lipinski definition) is 1. The van der Waals surface area contributed by atoms with Gasteiger partial charge < -0.3 is 14.7 Å². The second-order valence-corrected chi connectivity index (χ2v) is 7.98. The van der Waals surface area contributed by atoms with Crippen molar-refractivity contribution < 1.29 is 22.9 Å². The second kappa shape index (κ2) is 8.15. The van der Waals surface area contributed by atoms with Crippen molar-refractivity contribution in [2.45, 2.75) is 25.1 Å². The van der Waals surface area contributed by atoms with Crippen molar-refractivity contribution in [3.8, 4) is 11.1 Å². The van der Waals surface area contributed by atoms with Crippen LogP contribution in [0.15, 0.2) is 47.4 Å². The molecule has 1 atom stereocenters. The van der Waals surface area contributed by atoms with Gasteiger partial charge in [-0.15, -0.1) is 0 Å². The van der Waals surface area contributed by atoms with E-state index in [9.17, 15) is 18.4 Å². The van der Waals surface area contributed by atoms with Gasteiger partial charge in [0, 0.05) is 43.7 Å². The number of alkyl halides is 2. The van der Waals surface area contributed by atoms with Crippen LogP contribution in [-0.2, 0) is 23.4 Å². The lowest BCUT2D eigenvalue weighted by molar-refractivity contribution is -0.118. The van der Waals surface area contributed by atoms with E-state index in [1.165, 1.54) is 9.24 Å². The minimum absolute atomic E-state index is 0.0922. The molecule has 1 aliphatic heterocycles. The summed E-state index contributed by atoms with van der Waals surface area (Å²) in [6.45, 7) is 0.0922. The largest absolute Gasteiger partial charge is 0.354 e. The summed E-state index contributed by atoms with van der Waals surface area (Å²) in [5.41, 5.74) is 0.741. The molecule has 4 rings (SSSR count). The summed E-state index contributed by atoms with van der Waals surface area (Å²) in [6.07, 6.45) is 5.41. The number of fused-ring (bicyclic) bond motifs is 1. The van der Waals surface area contributed by atoms with Crippen molar-refractivity contribution in [2.24, 2.45) is 0 Å². The third-order valence-electron chi connectivity index (χ3n) is 5.12. The predicted octanol–water partition coefficient (Wildman–Crippen LogP) is 3.50. The lowest BCUT2D eigenvalue weighted by Crippen LogP contribution is -2.30. The Kier molecular flexibility index (Phi) is 5.54. The monoisotopic (exact) mass is 444 g/mol. The zero-order chi connectivity index (χ0) is 22.2. The van der Waals surface area contributed by atoms with Gasteiger partial charge in [0.1, 0.15) is 5.56 Å². The molecule has 0 radical (unpaired) electrons. The van der Waals surface area contributed by atoms with Crippen LogP contribution < -0.4 is 10.2 Å². The van der Waals surface area contributed by atoms with E-state index in [0.29, 0.717) is 18.4 Å². The summed E-state index contributed by atoms with van der Waals surface area (Å²) in [6, 6.07) is 7.72. The van der Waals surface area contributed by atoms with Gasteiger partial charge in [-0.1, -0.05) is 20.5 Å². The summed E-state index contributed by atoms with van der Waals surface area (Å²) in [7, 11) is 3.08. The lowest BCUT2D eigenvalue weighted by atomic mass is 9.96. The zero-order valence-electron chi connectivity index (χ0n) is 16.6. The topological polar surface area (TPSA) is 88.3 Å². The summed E-state index contributed by atoms with van der Waals surface area (Å²) in [5, 5.41) is 5.89. The van der Waals surface area contributed by atoms with Gasteiger partial charge in [0.15, 0.2) is 0 Å². The number of carbonyl (C=O) groups excluding carboxylic acids is 2. The van der Waals surface area contributed by atoms with Gasteiger partial charge in [0.05, 0.1) is 6.20 Å². The van der Waals surface area contributed by atoms with Crippen molar-refractivity contribution in [1.29, 1.82) is 0 Å². The van der Waals surface area contributed by atoms with E-state index in [-0.39, 0.29) is 18.0 Å². The minimum atomic E-state index is -3.39. The molecule has 2 amide bonds. The molecule has 1 unspecified atom stereocenters. The number of hydrogen-bond acceptors (Lipinski definition) is 5. The lowest BCUT2D eigenvalue weighted by Gasteiger charge is -2.26. The second-order valence-electron chi connectivity index (χ2n) is 7.25. The van der Waals surface area contributed by atoms with E-state index in [1.54, 1.807) is 24.3 Å². The molecule has 31 heavy (non-hydrogen) atoms. The fourth-order valence-electron chi connectivity index (χ4n) is 3.50. The predicted molar refractivity (Wildman–Crippen MR) is 113 cm³/mol. The average molecular weight is 444 g/mol. The van der Waals surface area contributed by atoms with Crippen LogP contribution in [0.25, 0.3) is 11.1 Å². The molecule has 0 bridgehead atoms. The highest BCUT2D eigenvalue weighted by molar-refractivity contribution is 7.17. The first-order valence-corrected chi connectivity index (χ1v) is 10.1. The number of halogens is 2. The highest BCUT2D eigenvalue weighted by Gasteiger charge is 2.35. The Balaban J connectivity index is 1.50. The normalized spacial score (nSPS) is 13.8. The quantitative estimate of drug-likeness (QED) is 0.609. The molecule has 160 valence electrons. The highest BCUT2D eigenvalue weighted by Crippen LogP contribution is 2.36. The van der Waals surface area contributed by atoms with Crippen molar-refractivity contribution in [3.63, 3.8) is 0 Å². The first-order valence-electron chi connectivity index (χ1n) is 9.48. The SMILES string of the molecule is CN1C(=O)CCc2cc(-c3cncc(CNC(=O)c4cnoc4C(F)(F)P)c3)ccc21. The van der Waals surface area contributed by atoms with Gasteiger partial charge in [0.2, 0.25) is 11.7 Å². The molecule has 1 aliphatic rings. The first-order chi connectivity index (χ1) is 14.7. The van der Waals surface area contributed by atoms with Gasteiger partial charge >= 0.3 is 5.66 Å². The van der Waals surface area contributed by atoms with Gasteiger partial charge in [-0.05, 0) is 41.3 Å². The average Bonchev–Trinajstić information content (AvgIpc) is 3.25. The Bertz CT molecular complexity index is 1160. The number of nitrogens with zero attached hydrogens (tertiary/aromatic N) is 3. The maximum atomic E-state index is 13.5. The van der Waals surface area contributed by atoms with Crippen LogP contribution in [0.4, 0.5) is 14.5 Å². The smallest absolute Gasteiger partial charge is 0.318 e. The summed E-state index contributed by atoms with van der Waals surface area (Å²) >= 11 is 0. The fourth-order valence-corrected chi connectivity index (χ4v) is 3.71. The minimum Gasteiger partial charge on any atom is -0.354 e. The van der Waals surface area contributed by atoms with Crippen LogP contribution in [0.1, 0.15) is 33.7 Å². The number of benzene rings is 1. The van der Waals surface area contributed by atoms with Gasteiger partial charge in [-0.2, -0.15) is 8.78 Å². The Morgan fingerprint density at radius 2 is 2.03 bits per heavy atom. The van der Waals surface area contributed by atoms with Crippen LogP contribution in [-0.4, -0.2) is 29.0 Å². The maximum absolute atomic E-state index is 13.5. The van der Waals surface area contributed by atoms with Crippen molar-refractivity contribution in [3.05, 3.63) is 65.3 Å². The maximum Gasteiger partial charge on any atom is 0.318 e. The van der Waals surface area contributed by atoms with Crippen LogP contribution in [0, 0.1) is 0 Å². The molecule has 0 fully saturated rings. The Labute approximate surface area is 179 Å². The summed E-state index contributed by atoms with van der Waals surface area (Å²) < 4.78 is 31.5. The molecule has 0 saturated carbocycles. The third kappa shape index (κ3) is 4.32. The molecular formula is C21H19F2N4O3P. The van der Waals surface area contributed by atoms with Gasteiger partial charge in [-0.3, -0.25) is 14.6 Å². The van der Waals surface area contributed by atoms with Gasteiger partial charge in [0.25, 0.3) is 5.91 Å². The molecule has 1 N–H and O–H groups in total. The summed E-state index contributed by atoms with van der Waals surface area (Å²) in [4.78, 5) is 30.1. The fraction of sp³-hybridized carbons (Fsp3) is 0.238. The molecule has 10 heteroatoms. The molecule has 0 saturated heterocycles. The van der Waals surface area contributed by atoms with E-state index in [0.717, 1.165) is 28.6 Å². The van der Waals surface area contributed by atoms with E-state index in [1.807, 2.05) is 24.3 Å². The number of nitrogens with one attached hydrogen (secondary N) is 1. The Morgan fingerprint density at radius 3 is 2.81 bits per heavy atom. The van der Waals surface area contributed by atoms with E-state index in [4.69, 9.17) is 0 Å². The first kappa shape index (κ1) is 21.1. The molecule has 3 heterocycles. The molecule has 7 nitrogen and oxygen atoms in total. The van der Waals surface area contributed by atoms with Crippen molar-refractivity contribution in [1.82, 2.24) is 15.5 Å². The third-order valence-corrected chi connectivity index (χ3v) is 5.38. The Morgan fingerprint density at radius 1 is 1.23 bits per heavy atom. The number of aromatic nitrogens is 2. The number of anilines is 1. The molecule has 1 aromatic carbocycles. The highest BCUT2D eigenvalue weighted by atomic mass is 31.0. The van der Waals surface area contributed by atoms with Crippen LogP contribution in [0.3, 0.4) is 0 Å².